The van der Waals surface area contributed by atoms with E-state index in [2.05, 4.69) is 221 Å². The Balaban J connectivity index is 0.945. The number of rotatable bonds is 6. The number of para-hydroxylation sites is 2. The first-order chi connectivity index (χ1) is 33.7. The number of fused-ring (bicyclic) bond motifs is 10. The highest BCUT2D eigenvalue weighted by molar-refractivity contribution is 6.21. The lowest BCUT2D eigenvalue weighted by molar-refractivity contribution is 1.08. The summed E-state index contributed by atoms with van der Waals surface area (Å²) in [5.41, 5.74) is 11.9. The molecule has 11 aromatic carbocycles. The predicted molar refractivity (Wildman–Crippen MR) is 283 cm³/mol. The molecule has 0 bridgehead atoms. The van der Waals surface area contributed by atoms with E-state index in [9.17, 15) is 0 Å². The molecule has 3 aromatic heterocycles. The summed E-state index contributed by atoms with van der Waals surface area (Å²) in [7, 11) is 0. The predicted octanol–water partition coefficient (Wildman–Crippen LogP) is 16.2. The van der Waals surface area contributed by atoms with E-state index in [1.165, 1.54) is 54.1 Å². The van der Waals surface area contributed by atoms with Gasteiger partial charge in [0.05, 0.1) is 22.1 Å². The van der Waals surface area contributed by atoms with Crippen LogP contribution in [0.1, 0.15) is 0 Å². The molecule has 5 nitrogen and oxygen atoms in total. The molecule has 0 aliphatic carbocycles. The number of benzene rings is 11. The highest BCUT2D eigenvalue weighted by atomic mass is 15.0. The molecule has 0 atom stereocenters. The van der Waals surface area contributed by atoms with Gasteiger partial charge in [0.25, 0.3) is 0 Å². The molecule has 3 heterocycles. The maximum Gasteiger partial charge on any atom is 0.164 e. The second-order valence-electron chi connectivity index (χ2n) is 17.6. The first-order valence-corrected chi connectivity index (χ1v) is 23.1. The fraction of sp³-hybridized carbons (Fsp3) is 0. The molecule has 68 heavy (non-hydrogen) atoms. The normalized spacial score (nSPS) is 11.8. The van der Waals surface area contributed by atoms with E-state index in [0.717, 1.165) is 61.0 Å². The zero-order valence-corrected chi connectivity index (χ0v) is 36.8. The zero-order valence-electron chi connectivity index (χ0n) is 36.8. The van der Waals surface area contributed by atoms with Crippen LogP contribution in [0, 0.1) is 0 Å². The quantitative estimate of drug-likeness (QED) is 0.167. The Morgan fingerprint density at radius 1 is 0.250 bits per heavy atom. The van der Waals surface area contributed by atoms with E-state index >= 15 is 0 Å². The number of nitrogens with zero attached hydrogens (tertiary/aromatic N) is 5. The minimum absolute atomic E-state index is 0.625. The van der Waals surface area contributed by atoms with E-state index in [1.54, 1.807) is 0 Å². The Morgan fingerprint density at radius 2 is 0.794 bits per heavy atom. The molecule has 0 saturated carbocycles. The van der Waals surface area contributed by atoms with Crippen LogP contribution in [0.2, 0.25) is 0 Å². The molecule has 0 N–H and O–H groups in total. The summed E-state index contributed by atoms with van der Waals surface area (Å²) in [5, 5.41) is 12.0. The molecule has 0 unspecified atom stereocenters. The van der Waals surface area contributed by atoms with E-state index in [-0.39, 0.29) is 0 Å². The van der Waals surface area contributed by atoms with Gasteiger partial charge >= 0.3 is 0 Å². The van der Waals surface area contributed by atoms with Crippen molar-refractivity contribution in [1.82, 2.24) is 24.1 Å². The minimum atomic E-state index is 0.625. The Morgan fingerprint density at radius 3 is 1.60 bits per heavy atom. The van der Waals surface area contributed by atoms with Gasteiger partial charge < -0.3 is 9.13 Å². The Kier molecular flexibility index (Phi) is 8.52. The summed E-state index contributed by atoms with van der Waals surface area (Å²) in [6, 6.07) is 84.6. The van der Waals surface area contributed by atoms with Crippen LogP contribution in [0.25, 0.3) is 133 Å². The molecule has 0 saturated heterocycles. The van der Waals surface area contributed by atoms with Crippen molar-refractivity contribution in [2.24, 2.45) is 0 Å². The van der Waals surface area contributed by atoms with Gasteiger partial charge in [0.2, 0.25) is 0 Å². The number of aromatic nitrogens is 5. The van der Waals surface area contributed by atoms with Crippen LogP contribution in [0.4, 0.5) is 0 Å². The van der Waals surface area contributed by atoms with Gasteiger partial charge in [-0.15, -0.1) is 0 Å². The van der Waals surface area contributed by atoms with Gasteiger partial charge in [-0.3, -0.25) is 0 Å². The summed E-state index contributed by atoms with van der Waals surface area (Å²) in [6.07, 6.45) is 0. The van der Waals surface area contributed by atoms with Gasteiger partial charge in [-0.05, 0) is 98.0 Å². The molecule has 0 aliphatic heterocycles. The van der Waals surface area contributed by atoms with E-state index in [4.69, 9.17) is 15.0 Å². The van der Waals surface area contributed by atoms with Crippen molar-refractivity contribution >= 4 is 75.9 Å². The Labute approximate surface area is 391 Å². The summed E-state index contributed by atoms with van der Waals surface area (Å²) in [5.74, 6) is 1.89. The summed E-state index contributed by atoms with van der Waals surface area (Å²) < 4.78 is 4.84. The minimum Gasteiger partial charge on any atom is -0.309 e. The van der Waals surface area contributed by atoms with Crippen LogP contribution < -0.4 is 0 Å². The van der Waals surface area contributed by atoms with Gasteiger partial charge in [0.15, 0.2) is 17.5 Å². The van der Waals surface area contributed by atoms with Crippen molar-refractivity contribution in [2.75, 3.05) is 0 Å². The van der Waals surface area contributed by atoms with Gasteiger partial charge in [-0.1, -0.05) is 182 Å². The molecule has 0 spiro atoms. The van der Waals surface area contributed by atoms with Gasteiger partial charge in [0.1, 0.15) is 0 Å². The second-order valence-corrected chi connectivity index (χ2v) is 17.6. The Hall–Kier alpha value is -9.19. The van der Waals surface area contributed by atoms with Gasteiger partial charge in [0, 0.05) is 49.6 Å². The van der Waals surface area contributed by atoms with Crippen molar-refractivity contribution < 1.29 is 0 Å². The third kappa shape index (κ3) is 5.99. The number of hydrogen-bond acceptors (Lipinski definition) is 3. The van der Waals surface area contributed by atoms with E-state index in [1.807, 2.05) is 24.3 Å². The molecule has 0 radical (unpaired) electrons. The second kappa shape index (κ2) is 15.2. The zero-order chi connectivity index (χ0) is 44.7. The van der Waals surface area contributed by atoms with Gasteiger partial charge in [-0.25, -0.2) is 15.0 Å². The van der Waals surface area contributed by atoms with Crippen LogP contribution in [-0.2, 0) is 0 Å². The summed E-state index contributed by atoms with van der Waals surface area (Å²) in [4.78, 5) is 15.7. The Bertz CT molecular complexity index is 4320. The van der Waals surface area contributed by atoms with Crippen molar-refractivity contribution in [2.45, 2.75) is 0 Å². The first kappa shape index (κ1) is 38.1. The topological polar surface area (TPSA) is 48.5 Å². The number of hydrogen-bond donors (Lipinski definition) is 0. The van der Waals surface area contributed by atoms with E-state index in [0.29, 0.717) is 17.5 Å². The molecular weight excluding hydrogens is 827 g/mol. The average Bonchev–Trinajstić information content (AvgIpc) is 3.92. The highest BCUT2D eigenvalue weighted by Crippen LogP contribution is 2.41. The van der Waals surface area contributed by atoms with Crippen LogP contribution in [0.5, 0.6) is 0 Å². The SMILES string of the molecule is c1ccc(-c2nc(-c3ccccc3-c3ccccc3)nc(-c3cccc4ccc(-n5c6ccccc6c6cc7cc(-n8c9ccccc9c9c%10ccccc%10ccc98)ccc7cc65)cc34)n2)cc1. The third-order valence-corrected chi connectivity index (χ3v) is 13.7. The average molecular weight is 866 g/mol. The molecule has 0 fully saturated rings. The van der Waals surface area contributed by atoms with Crippen molar-refractivity contribution in [1.29, 1.82) is 0 Å². The fourth-order valence-electron chi connectivity index (χ4n) is 10.6. The lowest BCUT2D eigenvalue weighted by Gasteiger charge is -2.14. The third-order valence-electron chi connectivity index (χ3n) is 13.7. The molecule has 5 heteroatoms. The van der Waals surface area contributed by atoms with Gasteiger partial charge in [-0.2, -0.15) is 0 Å². The van der Waals surface area contributed by atoms with Crippen molar-refractivity contribution in [3.8, 4) is 56.7 Å². The van der Waals surface area contributed by atoms with Crippen LogP contribution in [0.3, 0.4) is 0 Å². The monoisotopic (exact) mass is 865 g/mol. The van der Waals surface area contributed by atoms with E-state index < -0.39 is 0 Å². The molecule has 14 rings (SSSR count). The molecule has 14 aromatic rings. The highest BCUT2D eigenvalue weighted by Gasteiger charge is 2.20. The summed E-state index contributed by atoms with van der Waals surface area (Å²) >= 11 is 0. The smallest absolute Gasteiger partial charge is 0.164 e. The van der Waals surface area contributed by atoms with Crippen molar-refractivity contribution in [3.63, 3.8) is 0 Å². The first-order valence-electron chi connectivity index (χ1n) is 23.1. The fourth-order valence-corrected chi connectivity index (χ4v) is 10.6. The summed E-state index contributed by atoms with van der Waals surface area (Å²) in [6.45, 7) is 0. The maximum absolute atomic E-state index is 5.30. The largest absolute Gasteiger partial charge is 0.309 e. The van der Waals surface area contributed by atoms with Crippen LogP contribution >= 0.6 is 0 Å². The maximum atomic E-state index is 5.30. The standard InChI is InChI=1S/C63H39N5/c1-3-16-40(17-4-1)48-22-9-10-25-51(48)62-64-61(43-19-5-2-6-20-43)65-63(66-62)52-27-15-21-42-30-33-47(39-54(42)52)68-56-28-13-11-24-50(56)55-37-45-36-46(34-31-44(45)38-59(55)68)67-57-29-14-12-26-53(57)60-49-23-8-7-18-41(49)32-35-58(60)67/h1-39H. The molecular formula is C63H39N5. The van der Waals surface area contributed by atoms with Crippen molar-refractivity contribution in [3.05, 3.63) is 237 Å². The molecule has 0 aliphatic rings. The van der Waals surface area contributed by atoms with Crippen LogP contribution in [0.15, 0.2) is 237 Å². The molecule has 0 amide bonds. The molecule has 316 valence electrons. The van der Waals surface area contributed by atoms with Crippen LogP contribution in [-0.4, -0.2) is 24.1 Å². The lowest BCUT2D eigenvalue weighted by atomic mass is 9.99. The lowest BCUT2D eigenvalue weighted by Crippen LogP contribution is -2.01.